The second-order valence-corrected chi connectivity index (χ2v) is 4.21. The van der Waals surface area contributed by atoms with Crippen molar-refractivity contribution in [3.05, 3.63) is 24.0 Å². The van der Waals surface area contributed by atoms with Crippen molar-refractivity contribution in [2.24, 2.45) is 5.92 Å². The van der Waals surface area contributed by atoms with Gasteiger partial charge in [-0.3, -0.25) is 4.98 Å². The molecule has 0 aromatic carbocycles. The highest BCUT2D eigenvalue weighted by Crippen LogP contribution is 2.28. The van der Waals surface area contributed by atoms with Crippen LogP contribution in [-0.4, -0.2) is 10.1 Å². The Balaban J connectivity index is 1.99. The zero-order valence-corrected chi connectivity index (χ0v) is 8.45. The van der Waals surface area contributed by atoms with E-state index >= 15 is 0 Å². The second-order valence-electron chi connectivity index (χ2n) is 4.21. The van der Waals surface area contributed by atoms with Crippen molar-refractivity contribution in [2.45, 2.75) is 38.5 Å². The van der Waals surface area contributed by atoms with Gasteiger partial charge in [-0.1, -0.05) is 32.1 Å². The van der Waals surface area contributed by atoms with Crippen LogP contribution in [0, 0.1) is 5.92 Å². The van der Waals surface area contributed by atoms with E-state index in [1.165, 1.54) is 38.3 Å². The number of rotatable bonds is 2. The molecule has 1 heterocycles. The summed E-state index contributed by atoms with van der Waals surface area (Å²) in [5.74, 6) is 1.13. The van der Waals surface area contributed by atoms with Gasteiger partial charge in [0.25, 0.3) is 0 Å². The topological polar surface area (TPSA) is 33.1 Å². The van der Waals surface area contributed by atoms with Gasteiger partial charge in [0.1, 0.15) is 5.75 Å². The van der Waals surface area contributed by atoms with E-state index in [4.69, 9.17) is 0 Å². The van der Waals surface area contributed by atoms with E-state index in [-0.39, 0.29) is 0 Å². The van der Waals surface area contributed by atoms with Gasteiger partial charge in [0.2, 0.25) is 0 Å². The molecule has 1 N–H and O–H groups in total. The Kier molecular flexibility index (Phi) is 3.02. The fourth-order valence-corrected chi connectivity index (χ4v) is 2.29. The predicted octanol–water partition coefficient (Wildman–Crippen LogP) is 2.91. The molecular formula is C12H17NO. The molecule has 0 aliphatic heterocycles. The summed E-state index contributed by atoms with van der Waals surface area (Å²) in [4.78, 5) is 3.89. The van der Waals surface area contributed by atoms with Crippen molar-refractivity contribution >= 4 is 0 Å². The Labute approximate surface area is 85.0 Å². The number of aromatic nitrogens is 1. The van der Waals surface area contributed by atoms with E-state index in [0.717, 1.165) is 17.9 Å². The van der Waals surface area contributed by atoms with Crippen LogP contribution in [0.5, 0.6) is 5.75 Å². The van der Waals surface area contributed by atoms with Crippen LogP contribution in [-0.2, 0) is 6.42 Å². The second kappa shape index (κ2) is 4.45. The monoisotopic (exact) mass is 191 g/mol. The summed E-state index contributed by atoms with van der Waals surface area (Å²) in [7, 11) is 0. The Morgan fingerprint density at radius 3 is 2.79 bits per heavy atom. The maximum Gasteiger partial charge on any atom is 0.137 e. The molecule has 0 atom stereocenters. The molecule has 0 unspecified atom stereocenters. The number of hydrogen-bond acceptors (Lipinski definition) is 2. The van der Waals surface area contributed by atoms with Gasteiger partial charge >= 0.3 is 0 Å². The van der Waals surface area contributed by atoms with E-state index in [1.807, 2.05) is 6.07 Å². The van der Waals surface area contributed by atoms with E-state index in [9.17, 15) is 5.11 Å². The molecule has 0 amide bonds. The fourth-order valence-electron chi connectivity index (χ4n) is 2.29. The van der Waals surface area contributed by atoms with Crippen LogP contribution in [0.2, 0.25) is 0 Å². The first-order chi connectivity index (χ1) is 6.86. The lowest BCUT2D eigenvalue weighted by molar-refractivity contribution is 0.351. The summed E-state index contributed by atoms with van der Waals surface area (Å²) in [5.41, 5.74) is 1.06. The fraction of sp³-hybridized carbons (Fsp3) is 0.583. The third-order valence-corrected chi connectivity index (χ3v) is 3.12. The smallest absolute Gasteiger partial charge is 0.137 e. The lowest BCUT2D eigenvalue weighted by Gasteiger charge is -2.21. The standard InChI is InChI=1S/C12H17NO/c14-12-9-13-7-6-11(12)8-10-4-2-1-3-5-10/h6-7,9-10,14H,1-5,8H2. The molecule has 0 bridgehead atoms. The average molecular weight is 191 g/mol. The molecular weight excluding hydrogens is 174 g/mol. The Morgan fingerprint density at radius 2 is 2.07 bits per heavy atom. The molecule has 2 heteroatoms. The first-order valence-electron chi connectivity index (χ1n) is 5.48. The highest BCUT2D eigenvalue weighted by atomic mass is 16.3. The van der Waals surface area contributed by atoms with E-state index in [2.05, 4.69) is 4.98 Å². The first kappa shape index (κ1) is 9.50. The number of aromatic hydroxyl groups is 1. The SMILES string of the molecule is Oc1cnccc1CC1CCCCC1. The van der Waals surface area contributed by atoms with Crippen molar-refractivity contribution in [2.75, 3.05) is 0 Å². The summed E-state index contributed by atoms with van der Waals surface area (Å²) in [6.45, 7) is 0. The molecule has 1 saturated carbocycles. The van der Waals surface area contributed by atoms with Crippen LogP contribution in [0.25, 0.3) is 0 Å². The van der Waals surface area contributed by atoms with Gasteiger partial charge in [0.15, 0.2) is 0 Å². The van der Waals surface area contributed by atoms with Crippen LogP contribution in [0.3, 0.4) is 0 Å². The van der Waals surface area contributed by atoms with Crippen LogP contribution in [0.1, 0.15) is 37.7 Å². The molecule has 0 saturated heterocycles. The van der Waals surface area contributed by atoms with Gasteiger partial charge in [0.05, 0.1) is 6.20 Å². The summed E-state index contributed by atoms with van der Waals surface area (Å²) in [6.07, 6.45) is 11.1. The highest BCUT2D eigenvalue weighted by molar-refractivity contribution is 5.28. The van der Waals surface area contributed by atoms with E-state index in [0.29, 0.717) is 5.75 Å². The molecule has 14 heavy (non-hydrogen) atoms. The van der Waals surface area contributed by atoms with Crippen molar-refractivity contribution in [3.63, 3.8) is 0 Å². The van der Waals surface area contributed by atoms with Crippen molar-refractivity contribution in [1.29, 1.82) is 0 Å². The average Bonchev–Trinajstić information content (AvgIpc) is 2.23. The van der Waals surface area contributed by atoms with Crippen LogP contribution < -0.4 is 0 Å². The van der Waals surface area contributed by atoms with Crippen molar-refractivity contribution in [3.8, 4) is 5.75 Å². The molecule has 2 rings (SSSR count). The highest BCUT2D eigenvalue weighted by Gasteiger charge is 2.15. The van der Waals surface area contributed by atoms with E-state index < -0.39 is 0 Å². The Bertz CT molecular complexity index is 292. The zero-order valence-electron chi connectivity index (χ0n) is 8.45. The molecule has 1 aliphatic carbocycles. The van der Waals surface area contributed by atoms with Crippen molar-refractivity contribution < 1.29 is 5.11 Å². The molecule has 76 valence electrons. The van der Waals surface area contributed by atoms with Gasteiger partial charge in [-0.05, 0) is 24.0 Å². The quantitative estimate of drug-likeness (QED) is 0.779. The Morgan fingerprint density at radius 1 is 1.29 bits per heavy atom. The third kappa shape index (κ3) is 2.25. The Hall–Kier alpha value is -1.05. The first-order valence-corrected chi connectivity index (χ1v) is 5.48. The summed E-state index contributed by atoms with van der Waals surface area (Å²) in [6, 6.07) is 1.93. The third-order valence-electron chi connectivity index (χ3n) is 3.12. The number of pyridine rings is 1. The maximum atomic E-state index is 9.58. The normalized spacial score (nSPS) is 18.3. The van der Waals surface area contributed by atoms with Gasteiger partial charge < -0.3 is 5.11 Å². The predicted molar refractivity (Wildman–Crippen MR) is 56.2 cm³/mol. The van der Waals surface area contributed by atoms with Gasteiger partial charge in [-0.2, -0.15) is 0 Å². The minimum absolute atomic E-state index is 0.359. The molecule has 0 spiro atoms. The largest absolute Gasteiger partial charge is 0.506 e. The molecule has 1 aliphatic rings. The number of hydrogen-bond donors (Lipinski definition) is 1. The van der Waals surface area contributed by atoms with Crippen LogP contribution in [0.4, 0.5) is 0 Å². The molecule has 1 fully saturated rings. The molecule has 1 aromatic heterocycles. The van der Waals surface area contributed by atoms with Crippen LogP contribution in [0.15, 0.2) is 18.5 Å². The summed E-state index contributed by atoms with van der Waals surface area (Å²) >= 11 is 0. The number of nitrogens with zero attached hydrogens (tertiary/aromatic N) is 1. The molecule has 1 aromatic rings. The van der Waals surface area contributed by atoms with E-state index in [1.54, 1.807) is 6.20 Å². The lowest BCUT2D eigenvalue weighted by atomic mass is 9.85. The van der Waals surface area contributed by atoms with Crippen molar-refractivity contribution in [1.82, 2.24) is 4.98 Å². The van der Waals surface area contributed by atoms with Gasteiger partial charge in [0, 0.05) is 6.20 Å². The molecule has 2 nitrogen and oxygen atoms in total. The lowest BCUT2D eigenvalue weighted by Crippen LogP contribution is -2.09. The minimum Gasteiger partial charge on any atom is -0.506 e. The zero-order chi connectivity index (χ0) is 9.80. The molecule has 0 radical (unpaired) electrons. The maximum absolute atomic E-state index is 9.58. The van der Waals surface area contributed by atoms with Gasteiger partial charge in [-0.15, -0.1) is 0 Å². The summed E-state index contributed by atoms with van der Waals surface area (Å²) < 4.78 is 0. The van der Waals surface area contributed by atoms with Gasteiger partial charge in [-0.25, -0.2) is 0 Å². The summed E-state index contributed by atoms with van der Waals surface area (Å²) in [5, 5.41) is 9.58. The van der Waals surface area contributed by atoms with Crippen LogP contribution >= 0.6 is 0 Å². The minimum atomic E-state index is 0.359.